The van der Waals surface area contributed by atoms with E-state index in [9.17, 15) is 9.90 Å². The topological polar surface area (TPSA) is 55.8 Å². The molecule has 0 saturated heterocycles. The summed E-state index contributed by atoms with van der Waals surface area (Å²) < 4.78 is 10.4. The first kappa shape index (κ1) is 20.8. The number of unbranched alkanes of at least 4 members (excludes halogenated alkanes) is 5. The summed E-state index contributed by atoms with van der Waals surface area (Å²) in [7, 11) is 2.95. The molecule has 4 nitrogen and oxygen atoms in total. The van der Waals surface area contributed by atoms with E-state index in [0.717, 1.165) is 19.3 Å². The van der Waals surface area contributed by atoms with E-state index >= 15 is 0 Å². The fraction of sp³-hybridized carbons (Fsp3) is 0.632. The molecule has 0 spiro atoms. The molecule has 1 unspecified atom stereocenters. The van der Waals surface area contributed by atoms with Crippen LogP contribution in [0.1, 0.15) is 67.8 Å². The number of halogens is 1. The van der Waals surface area contributed by atoms with Gasteiger partial charge in [-0.3, -0.25) is 4.79 Å². The molecule has 0 aliphatic rings. The summed E-state index contributed by atoms with van der Waals surface area (Å²) in [4.78, 5) is 12.4. The summed E-state index contributed by atoms with van der Waals surface area (Å²) in [6.07, 6.45) is 7.87. The molecule has 136 valence electrons. The van der Waals surface area contributed by atoms with Crippen molar-refractivity contribution in [1.82, 2.24) is 0 Å². The lowest BCUT2D eigenvalue weighted by atomic mass is 9.97. The second kappa shape index (κ2) is 10.6. The normalized spacial score (nSPS) is 12.0. The molecule has 1 aromatic carbocycles. The number of benzene rings is 1. The van der Waals surface area contributed by atoms with Crippen molar-refractivity contribution in [2.24, 2.45) is 0 Å². The van der Waals surface area contributed by atoms with Crippen LogP contribution >= 0.6 is 15.9 Å². The number of hydrogen-bond donors (Lipinski definition) is 1. The predicted octanol–water partition coefficient (Wildman–Crippen LogP) is 5.41. The second-order valence-electron chi connectivity index (χ2n) is 6.04. The third-order valence-electron chi connectivity index (χ3n) is 4.18. The van der Waals surface area contributed by atoms with Gasteiger partial charge >= 0.3 is 0 Å². The summed E-state index contributed by atoms with van der Waals surface area (Å²) >= 11 is 3.48. The van der Waals surface area contributed by atoms with Crippen LogP contribution in [0.25, 0.3) is 0 Å². The van der Waals surface area contributed by atoms with E-state index in [1.807, 2.05) is 0 Å². The minimum absolute atomic E-state index is 0.112. The van der Waals surface area contributed by atoms with Crippen LogP contribution in [0.15, 0.2) is 6.07 Å². The fourth-order valence-electron chi connectivity index (χ4n) is 2.80. The molecule has 0 radical (unpaired) electrons. The van der Waals surface area contributed by atoms with Crippen LogP contribution in [0.3, 0.4) is 0 Å². The van der Waals surface area contributed by atoms with Crippen molar-refractivity contribution < 1.29 is 19.4 Å². The zero-order valence-corrected chi connectivity index (χ0v) is 16.7. The van der Waals surface area contributed by atoms with Gasteiger partial charge in [0, 0.05) is 0 Å². The summed E-state index contributed by atoms with van der Waals surface area (Å²) in [5.41, 5.74) is 0.989. The number of hydrogen-bond acceptors (Lipinski definition) is 4. The number of phenols is 1. The Labute approximate surface area is 153 Å². The first-order valence-electron chi connectivity index (χ1n) is 8.60. The molecule has 0 amide bonds. The first-order valence-corrected chi connectivity index (χ1v) is 9.52. The average molecular weight is 401 g/mol. The second-order valence-corrected chi connectivity index (χ2v) is 7.15. The number of aryl methyl sites for hydroxylation is 1. The maximum Gasteiger partial charge on any atom is 0.203 e. The van der Waals surface area contributed by atoms with Crippen LogP contribution in [0.2, 0.25) is 0 Å². The van der Waals surface area contributed by atoms with Crippen molar-refractivity contribution in [3.63, 3.8) is 0 Å². The number of Topliss-reactive ketones (excluding diaryl/α,β-unsaturated/α-hetero) is 1. The van der Waals surface area contributed by atoms with Gasteiger partial charge in [-0.05, 0) is 25.0 Å². The van der Waals surface area contributed by atoms with Crippen molar-refractivity contribution in [2.75, 3.05) is 14.2 Å². The molecule has 1 rings (SSSR count). The van der Waals surface area contributed by atoms with Crippen molar-refractivity contribution >= 4 is 21.7 Å². The largest absolute Gasteiger partial charge is 0.504 e. The van der Waals surface area contributed by atoms with Crippen LogP contribution in [0.4, 0.5) is 0 Å². The van der Waals surface area contributed by atoms with Gasteiger partial charge in [0.1, 0.15) is 0 Å². The quantitative estimate of drug-likeness (QED) is 0.306. The van der Waals surface area contributed by atoms with Gasteiger partial charge in [-0.2, -0.15) is 0 Å². The number of aromatic hydroxyl groups is 1. The standard InChI is InChI=1S/C19H29BrO4/c1-5-6-7-8-9-10-11-14(20)17(21)16-13(2)12-15(23-3)19(24-4)18(16)22/h12,14,22H,5-11H2,1-4H3. The molecule has 0 heterocycles. The van der Waals surface area contributed by atoms with E-state index in [1.165, 1.54) is 39.9 Å². The average Bonchev–Trinajstić information content (AvgIpc) is 2.57. The van der Waals surface area contributed by atoms with Gasteiger partial charge in [-0.15, -0.1) is 0 Å². The van der Waals surface area contributed by atoms with E-state index in [4.69, 9.17) is 9.47 Å². The van der Waals surface area contributed by atoms with Crippen molar-refractivity contribution in [3.8, 4) is 17.2 Å². The third-order valence-corrected chi connectivity index (χ3v) is 5.06. The SMILES string of the molecule is CCCCCCCCC(Br)C(=O)c1c(C)cc(OC)c(OC)c1O. The number of carbonyl (C=O) groups excluding carboxylic acids is 1. The molecule has 0 bridgehead atoms. The van der Waals surface area contributed by atoms with E-state index < -0.39 is 0 Å². The van der Waals surface area contributed by atoms with Gasteiger partial charge in [-0.25, -0.2) is 0 Å². The number of methoxy groups -OCH3 is 2. The summed E-state index contributed by atoms with van der Waals surface area (Å²) in [6, 6.07) is 1.72. The third kappa shape index (κ3) is 5.40. The summed E-state index contributed by atoms with van der Waals surface area (Å²) in [5.74, 6) is 0.364. The Bertz CT molecular complexity index is 543. The molecular weight excluding hydrogens is 372 g/mol. The maximum absolute atomic E-state index is 12.7. The molecule has 1 aromatic rings. The van der Waals surface area contributed by atoms with Gasteiger partial charge in [0.2, 0.25) is 5.75 Å². The van der Waals surface area contributed by atoms with Crippen molar-refractivity contribution in [1.29, 1.82) is 0 Å². The van der Waals surface area contributed by atoms with E-state index in [0.29, 0.717) is 16.9 Å². The Morgan fingerprint density at radius 1 is 1.17 bits per heavy atom. The highest BCUT2D eigenvalue weighted by molar-refractivity contribution is 9.10. The Kier molecular flexibility index (Phi) is 9.19. The molecule has 24 heavy (non-hydrogen) atoms. The van der Waals surface area contributed by atoms with Crippen LogP contribution in [0.5, 0.6) is 17.2 Å². The Balaban J connectivity index is 2.76. The van der Waals surface area contributed by atoms with Gasteiger partial charge in [-0.1, -0.05) is 61.4 Å². The molecule has 1 N–H and O–H groups in total. The highest BCUT2D eigenvalue weighted by atomic mass is 79.9. The predicted molar refractivity (Wildman–Crippen MR) is 101 cm³/mol. The van der Waals surface area contributed by atoms with Crippen molar-refractivity contribution in [2.45, 2.75) is 63.6 Å². The smallest absolute Gasteiger partial charge is 0.203 e. The molecule has 0 aliphatic carbocycles. The summed E-state index contributed by atoms with van der Waals surface area (Å²) in [5, 5.41) is 10.4. The fourth-order valence-corrected chi connectivity index (χ4v) is 3.36. The number of alkyl halides is 1. The van der Waals surface area contributed by atoms with E-state index in [1.54, 1.807) is 13.0 Å². The maximum atomic E-state index is 12.7. The highest BCUT2D eigenvalue weighted by Crippen LogP contribution is 2.42. The van der Waals surface area contributed by atoms with E-state index in [-0.39, 0.29) is 22.1 Å². The Hall–Kier alpha value is -1.23. The number of rotatable bonds is 11. The minimum atomic E-state index is -0.300. The van der Waals surface area contributed by atoms with Gasteiger partial charge in [0.15, 0.2) is 17.3 Å². The molecular formula is C19H29BrO4. The lowest BCUT2D eigenvalue weighted by molar-refractivity contribution is 0.0984. The molecule has 0 aromatic heterocycles. The van der Waals surface area contributed by atoms with Crippen molar-refractivity contribution in [3.05, 3.63) is 17.2 Å². The minimum Gasteiger partial charge on any atom is -0.504 e. The van der Waals surface area contributed by atoms with Crippen LogP contribution in [0, 0.1) is 6.92 Å². The van der Waals surface area contributed by atoms with Gasteiger partial charge < -0.3 is 14.6 Å². The number of phenolic OH excluding ortho intramolecular Hbond substituents is 1. The molecule has 1 atom stereocenters. The van der Waals surface area contributed by atoms with Crippen LogP contribution in [-0.4, -0.2) is 29.9 Å². The molecule has 0 aliphatic heterocycles. The zero-order chi connectivity index (χ0) is 18.1. The number of ether oxygens (including phenoxy) is 2. The van der Waals surface area contributed by atoms with Crippen LogP contribution < -0.4 is 9.47 Å². The molecule has 0 saturated carbocycles. The molecule has 5 heteroatoms. The lowest BCUT2D eigenvalue weighted by Gasteiger charge is -2.17. The number of ketones is 1. The van der Waals surface area contributed by atoms with Gasteiger partial charge in [0.25, 0.3) is 0 Å². The zero-order valence-electron chi connectivity index (χ0n) is 15.2. The van der Waals surface area contributed by atoms with E-state index in [2.05, 4.69) is 22.9 Å². The highest BCUT2D eigenvalue weighted by Gasteiger charge is 2.26. The lowest BCUT2D eigenvalue weighted by Crippen LogP contribution is -2.16. The molecule has 0 fully saturated rings. The summed E-state index contributed by atoms with van der Waals surface area (Å²) in [6.45, 7) is 3.99. The Morgan fingerprint density at radius 2 is 1.79 bits per heavy atom. The number of carbonyl (C=O) groups is 1. The Morgan fingerprint density at radius 3 is 2.38 bits per heavy atom. The van der Waals surface area contributed by atoms with Crippen LogP contribution in [-0.2, 0) is 0 Å². The monoisotopic (exact) mass is 400 g/mol. The first-order chi connectivity index (χ1) is 11.5. The van der Waals surface area contributed by atoms with Gasteiger partial charge in [0.05, 0.1) is 24.6 Å².